The van der Waals surface area contributed by atoms with Crippen molar-refractivity contribution in [3.63, 3.8) is 0 Å². The number of halogens is 1. The first kappa shape index (κ1) is 15.7. The molecule has 0 aromatic heterocycles. The van der Waals surface area contributed by atoms with Gasteiger partial charge in [0.1, 0.15) is 0 Å². The summed E-state index contributed by atoms with van der Waals surface area (Å²) in [4.78, 5) is 0. The second kappa shape index (κ2) is 26.8. The van der Waals surface area contributed by atoms with Gasteiger partial charge >= 0.3 is 0 Å². The van der Waals surface area contributed by atoms with E-state index in [-0.39, 0.29) is 32.7 Å². The van der Waals surface area contributed by atoms with Crippen molar-refractivity contribution in [1.29, 1.82) is 0 Å². The van der Waals surface area contributed by atoms with Crippen LogP contribution in [0.15, 0.2) is 0 Å². The summed E-state index contributed by atoms with van der Waals surface area (Å²) in [5, 5.41) is 0. The fourth-order valence-electron chi connectivity index (χ4n) is 0. The molecule has 0 rings (SSSR count). The molecule has 7 heavy (non-hydrogen) atoms. The Kier molecular flexibility index (Phi) is 60.1. The van der Waals surface area contributed by atoms with E-state index in [2.05, 4.69) is 42.9 Å². The molecule has 0 atom stereocenters. The minimum atomic E-state index is 0. The maximum Gasteiger partial charge on any atom is 0 e. The number of hydrogen-bond donors (Lipinski definition) is 0. The van der Waals surface area contributed by atoms with Crippen LogP contribution >= 0.6 is 22.6 Å². The number of alkyl halides is 1. The van der Waals surface area contributed by atoms with Crippen LogP contribution < -0.4 is 0 Å². The topological polar surface area (TPSA) is 0 Å². The second-order valence-corrected chi connectivity index (χ2v) is 1.47. The van der Waals surface area contributed by atoms with E-state index in [0.29, 0.717) is 0 Å². The zero-order valence-electron chi connectivity index (χ0n) is 4.15. The molecular formula is C5H7IY-2. The predicted molar refractivity (Wildman–Crippen MR) is 38.4 cm³/mol. The zero-order chi connectivity index (χ0) is 5.41. The Morgan fingerprint density at radius 2 is 1.71 bits per heavy atom. The molecule has 0 aliphatic rings. The second-order valence-electron chi connectivity index (χ2n) is 0.393. The van der Waals surface area contributed by atoms with E-state index < -0.39 is 0 Å². The minimum absolute atomic E-state index is 0. The van der Waals surface area contributed by atoms with Gasteiger partial charge in [-0.1, -0.05) is 0 Å². The van der Waals surface area contributed by atoms with E-state index in [1.807, 2.05) is 5.92 Å². The molecule has 0 aliphatic carbocycles. The van der Waals surface area contributed by atoms with Gasteiger partial charge in [0.25, 0.3) is 0 Å². The monoisotopic (exact) mass is 283 g/mol. The van der Waals surface area contributed by atoms with Crippen LogP contribution in [0.5, 0.6) is 0 Å². The van der Waals surface area contributed by atoms with Crippen molar-refractivity contribution >= 4 is 22.6 Å². The van der Waals surface area contributed by atoms with Gasteiger partial charge in [0.2, 0.25) is 0 Å². The van der Waals surface area contributed by atoms with E-state index in [1.54, 1.807) is 0 Å². The average molecular weight is 283 g/mol. The molecule has 0 heterocycles. The summed E-state index contributed by atoms with van der Waals surface area (Å²) in [5.41, 5.74) is 0. The van der Waals surface area contributed by atoms with Crippen LogP contribution in [0.1, 0.15) is 0 Å². The Morgan fingerprint density at radius 3 is 1.71 bits per heavy atom. The van der Waals surface area contributed by atoms with Crippen LogP contribution in [-0.2, 0) is 32.7 Å². The number of terminal acetylenes is 1. The molecule has 0 aromatic rings. The molecule has 39 valence electrons. The quantitative estimate of drug-likeness (QED) is 0.275. The zero-order valence-corrected chi connectivity index (χ0v) is 9.15. The van der Waals surface area contributed by atoms with Crippen molar-refractivity contribution in [2.45, 2.75) is 0 Å². The summed E-state index contributed by atoms with van der Waals surface area (Å²) >= 11 is 2.18. The van der Waals surface area contributed by atoms with E-state index in [0.717, 1.165) is 4.43 Å². The summed E-state index contributed by atoms with van der Waals surface area (Å²) in [7, 11) is 0. The molecule has 0 amide bonds. The maximum absolute atomic E-state index is 4.49. The average Bonchev–Trinajstić information content (AvgIpc) is 1.39. The number of hydrogen-bond acceptors (Lipinski definition) is 0. The van der Waals surface area contributed by atoms with E-state index >= 15 is 0 Å². The van der Waals surface area contributed by atoms with Crippen molar-refractivity contribution in [2.24, 2.45) is 0 Å². The SMILES string of the molecule is C#C[CH2-].[CH2-]CI.[Y]. The Labute approximate surface area is 84.8 Å². The van der Waals surface area contributed by atoms with E-state index in [1.165, 1.54) is 0 Å². The van der Waals surface area contributed by atoms with Crippen LogP contribution in [-0.4, -0.2) is 4.43 Å². The van der Waals surface area contributed by atoms with Gasteiger partial charge in [-0.05, 0) is 0 Å². The molecule has 0 nitrogen and oxygen atoms in total. The number of rotatable bonds is 0. The third-order valence-electron chi connectivity index (χ3n) is 0. The normalized spacial score (nSPS) is 3.57. The van der Waals surface area contributed by atoms with E-state index in [9.17, 15) is 0 Å². The van der Waals surface area contributed by atoms with Gasteiger partial charge in [-0.25, -0.2) is 0 Å². The van der Waals surface area contributed by atoms with Gasteiger partial charge in [0.05, 0.1) is 0 Å². The van der Waals surface area contributed by atoms with Crippen molar-refractivity contribution in [2.75, 3.05) is 4.43 Å². The largest absolute Gasteiger partial charge is 0.345 e. The Hall–Kier alpha value is 1.26. The van der Waals surface area contributed by atoms with Gasteiger partial charge in [0, 0.05) is 32.7 Å². The van der Waals surface area contributed by atoms with Gasteiger partial charge in [-0.3, -0.25) is 0 Å². The van der Waals surface area contributed by atoms with Crippen LogP contribution in [0.4, 0.5) is 0 Å². The summed E-state index contributed by atoms with van der Waals surface area (Å²) in [6.45, 7) is 6.49. The summed E-state index contributed by atoms with van der Waals surface area (Å²) in [5.74, 6) is 2.00. The third kappa shape index (κ3) is 126. The van der Waals surface area contributed by atoms with Crippen molar-refractivity contribution in [3.8, 4) is 12.3 Å². The maximum atomic E-state index is 4.49. The molecule has 0 N–H and O–H groups in total. The third-order valence-corrected chi connectivity index (χ3v) is 0. The Bertz CT molecular complexity index is 37.8. The fourth-order valence-corrected chi connectivity index (χ4v) is 0. The van der Waals surface area contributed by atoms with Gasteiger partial charge in [-0.15, -0.1) is 27.0 Å². The Morgan fingerprint density at radius 1 is 1.71 bits per heavy atom. The van der Waals surface area contributed by atoms with Crippen LogP contribution in [0.3, 0.4) is 0 Å². The molecule has 0 saturated heterocycles. The molecule has 0 bridgehead atoms. The molecule has 0 aromatic carbocycles. The summed E-state index contributed by atoms with van der Waals surface area (Å²) in [6.07, 6.45) is 4.49. The molecule has 0 fully saturated rings. The molecule has 0 spiro atoms. The van der Waals surface area contributed by atoms with Crippen molar-refractivity contribution in [1.82, 2.24) is 0 Å². The van der Waals surface area contributed by atoms with Crippen LogP contribution in [0.25, 0.3) is 0 Å². The standard InChI is InChI=1S/C3H3.C2H4I.Y/c1-3-2;1-2-3;/h1H,2H2;1-2H2;/q2*-1;. The first-order valence-electron chi connectivity index (χ1n) is 1.41. The van der Waals surface area contributed by atoms with Gasteiger partial charge < -0.3 is 19.3 Å². The molecule has 0 saturated carbocycles. The van der Waals surface area contributed by atoms with Crippen molar-refractivity contribution in [3.05, 3.63) is 13.8 Å². The summed E-state index contributed by atoms with van der Waals surface area (Å²) < 4.78 is 0.970. The van der Waals surface area contributed by atoms with Crippen molar-refractivity contribution < 1.29 is 32.7 Å². The fraction of sp³-hybridized carbons (Fsp3) is 0.200. The van der Waals surface area contributed by atoms with Gasteiger partial charge in [0.15, 0.2) is 0 Å². The molecule has 2 heteroatoms. The van der Waals surface area contributed by atoms with Crippen LogP contribution in [0.2, 0.25) is 0 Å². The predicted octanol–water partition coefficient (Wildman–Crippen LogP) is 1.71. The van der Waals surface area contributed by atoms with Crippen LogP contribution in [0, 0.1) is 26.2 Å². The Balaban J connectivity index is -0.0000000400. The smallest absolute Gasteiger partial charge is 0 e. The first-order valence-corrected chi connectivity index (χ1v) is 2.94. The molecule has 0 unspecified atom stereocenters. The first-order chi connectivity index (χ1) is 2.83. The molecule has 1 radical (unpaired) electrons. The molecular weight excluding hydrogens is 276 g/mol. The molecule has 0 aliphatic heterocycles. The summed E-state index contributed by atoms with van der Waals surface area (Å²) in [6, 6.07) is 0. The minimum Gasteiger partial charge on any atom is -0.345 e. The van der Waals surface area contributed by atoms with E-state index in [4.69, 9.17) is 0 Å². The van der Waals surface area contributed by atoms with Gasteiger partial charge in [-0.2, -0.15) is 6.92 Å².